The summed E-state index contributed by atoms with van der Waals surface area (Å²) in [4.78, 5) is 21.7. The summed E-state index contributed by atoms with van der Waals surface area (Å²) >= 11 is 0. The SMILES string of the molecule is CC1CCN(CCCNC(=O)C2CCN(Cc3nc(-c4ccc(F)cc4)no3)CC2)CC1. The monoisotopic (exact) mass is 443 g/mol. The second-order valence-electron chi connectivity index (χ2n) is 9.24. The van der Waals surface area contributed by atoms with Gasteiger partial charge in [0.15, 0.2) is 0 Å². The van der Waals surface area contributed by atoms with Crippen LogP contribution in [0.15, 0.2) is 28.8 Å². The van der Waals surface area contributed by atoms with Crippen molar-refractivity contribution in [3.63, 3.8) is 0 Å². The molecule has 3 heterocycles. The predicted molar refractivity (Wildman–Crippen MR) is 120 cm³/mol. The molecule has 2 saturated heterocycles. The number of nitrogens with one attached hydrogen (secondary N) is 1. The number of rotatable bonds is 8. The minimum Gasteiger partial charge on any atom is -0.356 e. The van der Waals surface area contributed by atoms with Crippen LogP contribution in [0.3, 0.4) is 0 Å². The third-order valence-corrected chi connectivity index (χ3v) is 6.71. The zero-order valence-corrected chi connectivity index (χ0v) is 18.9. The van der Waals surface area contributed by atoms with Crippen molar-refractivity contribution in [2.75, 3.05) is 39.3 Å². The van der Waals surface area contributed by atoms with Crippen molar-refractivity contribution >= 4 is 5.91 Å². The third-order valence-electron chi connectivity index (χ3n) is 6.71. The Morgan fingerprint density at radius 2 is 1.78 bits per heavy atom. The summed E-state index contributed by atoms with van der Waals surface area (Å²) in [6.45, 7) is 8.79. The topological polar surface area (TPSA) is 74.5 Å². The summed E-state index contributed by atoms with van der Waals surface area (Å²) in [5, 5.41) is 7.14. The van der Waals surface area contributed by atoms with E-state index in [9.17, 15) is 9.18 Å². The second kappa shape index (κ2) is 11.0. The lowest BCUT2D eigenvalue weighted by Crippen LogP contribution is -2.41. The highest BCUT2D eigenvalue weighted by molar-refractivity contribution is 5.78. The molecule has 0 radical (unpaired) electrons. The van der Waals surface area contributed by atoms with Gasteiger partial charge in [-0.3, -0.25) is 9.69 Å². The molecule has 0 atom stereocenters. The first kappa shape index (κ1) is 22.9. The number of amides is 1. The van der Waals surface area contributed by atoms with Crippen LogP contribution >= 0.6 is 0 Å². The minimum absolute atomic E-state index is 0.0829. The molecule has 1 N–H and O–H groups in total. The molecule has 174 valence electrons. The van der Waals surface area contributed by atoms with Crippen LogP contribution in [-0.4, -0.2) is 65.1 Å². The van der Waals surface area contributed by atoms with E-state index in [0.29, 0.717) is 18.3 Å². The maximum atomic E-state index is 13.1. The molecule has 8 heteroatoms. The Kier molecular flexibility index (Phi) is 7.86. The van der Waals surface area contributed by atoms with Gasteiger partial charge >= 0.3 is 0 Å². The van der Waals surface area contributed by atoms with Crippen molar-refractivity contribution in [1.29, 1.82) is 0 Å². The maximum Gasteiger partial charge on any atom is 0.241 e. The molecular formula is C24H34FN5O2. The van der Waals surface area contributed by atoms with E-state index >= 15 is 0 Å². The van der Waals surface area contributed by atoms with E-state index in [1.807, 2.05) is 0 Å². The molecule has 7 nitrogen and oxygen atoms in total. The first-order valence-corrected chi connectivity index (χ1v) is 11.9. The van der Waals surface area contributed by atoms with Crippen LogP contribution in [0, 0.1) is 17.7 Å². The Balaban J connectivity index is 1.14. The van der Waals surface area contributed by atoms with Crippen molar-refractivity contribution in [3.05, 3.63) is 36.0 Å². The summed E-state index contributed by atoms with van der Waals surface area (Å²) in [7, 11) is 0. The van der Waals surface area contributed by atoms with Crippen molar-refractivity contribution < 1.29 is 13.7 Å². The molecule has 0 saturated carbocycles. The van der Waals surface area contributed by atoms with Crippen LogP contribution in [-0.2, 0) is 11.3 Å². The lowest BCUT2D eigenvalue weighted by atomic mass is 9.96. The zero-order valence-electron chi connectivity index (χ0n) is 18.9. The van der Waals surface area contributed by atoms with Gasteiger partial charge in [-0.05, 0) is 95.0 Å². The lowest BCUT2D eigenvalue weighted by Gasteiger charge is -2.31. The zero-order chi connectivity index (χ0) is 22.3. The summed E-state index contributed by atoms with van der Waals surface area (Å²) in [6.07, 6.45) is 5.29. The summed E-state index contributed by atoms with van der Waals surface area (Å²) in [5.74, 6) is 1.84. The fourth-order valence-electron chi connectivity index (χ4n) is 4.52. The Hall–Kier alpha value is -2.32. The summed E-state index contributed by atoms with van der Waals surface area (Å²) in [5.41, 5.74) is 0.728. The molecule has 2 fully saturated rings. The second-order valence-corrected chi connectivity index (χ2v) is 9.24. The molecule has 2 aliphatic rings. The van der Waals surface area contributed by atoms with Gasteiger partial charge in [0.1, 0.15) is 5.82 Å². The van der Waals surface area contributed by atoms with E-state index in [2.05, 4.69) is 32.2 Å². The van der Waals surface area contributed by atoms with Crippen LogP contribution in [0.4, 0.5) is 4.39 Å². The molecule has 0 unspecified atom stereocenters. The highest BCUT2D eigenvalue weighted by Crippen LogP contribution is 2.21. The van der Waals surface area contributed by atoms with Crippen molar-refractivity contribution in [1.82, 2.24) is 25.3 Å². The van der Waals surface area contributed by atoms with Crippen molar-refractivity contribution in [3.8, 4) is 11.4 Å². The highest BCUT2D eigenvalue weighted by Gasteiger charge is 2.26. The van der Waals surface area contributed by atoms with Gasteiger partial charge in [0, 0.05) is 18.0 Å². The van der Waals surface area contributed by atoms with Crippen LogP contribution in [0.1, 0.15) is 44.9 Å². The first-order valence-electron chi connectivity index (χ1n) is 11.9. The molecule has 32 heavy (non-hydrogen) atoms. The largest absolute Gasteiger partial charge is 0.356 e. The third kappa shape index (κ3) is 6.36. The highest BCUT2D eigenvalue weighted by atomic mass is 19.1. The number of nitrogens with zero attached hydrogens (tertiary/aromatic N) is 4. The van der Waals surface area contributed by atoms with E-state index in [1.54, 1.807) is 12.1 Å². The van der Waals surface area contributed by atoms with Crippen LogP contribution < -0.4 is 5.32 Å². The number of benzene rings is 1. The number of piperidine rings is 2. The van der Waals surface area contributed by atoms with Gasteiger partial charge in [-0.1, -0.05) is 12.1 Å². The number of hydrogen-bond donors (Lipinski definition) is 1. The average Bonchev–Trinajstić information content (AvgIpc) is 3.27. The van der Waals surface area contributed by atoms with Crippen LogP contribution in [0.5, 0.6) is 0 Å². The van der Waals surface area contributed by atoms with Gasteiger partial charge in [0.05, 0.1) is 6.54 Å². The Morgan fingerprint density at radius 3 is 2.50 bits per heavy atom. The number of hydrogen-bond acceptors (Lipinski definition) is 6. The summed E-state index contributed by atoms with van der Waals surface area (Å²) < 4.78 is 18.4. The molecule has 0 bridgehead atoms. The molecule has 2 aromatic rings. The average molecular weight is 444 g/mol. The standard InChI is InChI=1S/C24H34FN5O2/c1-18-7-13-29(14-8-18)12-2-11-26-24(31)20-9-15-30(16-10-20)17-22-27-23(28-32-22)19-3-5-21(25)6-4-19/h3-6,18,20H,2,7-17H2,1H3,(H,26,31). The van der Waals surface area contributed by atoms with E-state index < -0.39 is 0 Å². The molecule has 1 amide bonds. The smallest absolute Gasteiger partial charge is 0.241 e. The molecule has 1 aromatic carbocycles. The van der Waals surface area contributed by atoms with Gasteiger partial charge in [-0.15, -0.1) is 0 Å². The fourth-order valence-corrected chi connectivity index (χ4v) is 4.52. The fraction of sp³-hybridized carbons (Fsp3) is 0.625. The van der Waals surface area contributed by atoms with Gasteiger partial charge < -0.3 is 14.7 Å². The lowest BCUT2D eigenvalue weighted by molar-refractivity contribution is -0.126. The number of likely N-dealkylation sites (tertiary alicyclic amines) is 2. The van der Waals surface area contributed by atoms with Crippen molar-refractivity contribution in [2.24, 2.45) is 11.8 Å². The maximum absolute atomic E-state index is 13.1. The molecule has 0 aliphatic carbocycles. The summed E-state index contributed by atoms with van der Waals surface area (Å²) in [6, 6.07) is 6.05. The van der Waals surface area contributed by atoms with Gasteiger partial charge in [-0.2, -0.15) is 4.98 Å². The minimum atomic E-state index is -0.291. The first-order chi connectivity index (χ1) is 15.6. The molecule has 1 aromatic heterocycles. The number of carbonyl (C=O) groups excluding carboxylic acids is 1. The number of aromatic nitrogens is 2. The Labute approximate surface area is 189 Å². The number of halogens is 1. The van der Waals surface area contributed by atoms with E-state index in [0.717, 1.165) is 56.9 Å². The normalized spacial score (nSPS) is 19.3. The van der Waals surface area contributed by atoms with Crippen molar-refractivity contribution in [2.45, 2.75) is 45.6 Å². The Bertz CT molecular complexity index is 856. The quantitative estimate of drug-likeness (QED) is 0.631. The van der Waals surface area contributed by atoms with Crippen LogP contribution in [0.2, 0.25) is 0 Å². The Morgan fingerprint density at radius 1 is 1.09 bits per heavy atom. The van der Waals surface area contributed by atoms with Gasteiger partial charge in [-0.25, -0.2) is 4.39 Å². The number of carbonyl (C=O) groups is 1. The van der Waals surface area contributed by atoms with Gasteiger partial charge in [0.25, 0.3) is 0 Å². The molecule has 0 spiro atoms. The van der Waals surface area contributed by atoms with E-state index in [1.165, 1.54) is 38.1 Å². The van der Waals surface area contributed by atoms with Gasteiger partial charge in [0.2, 0.25) is 17.6 Å². The molecular weight excluding hydrogens is 409 g/mol. The van der Waals surface area contributed by atoms with E-state index in [4.69, 9.17) is 4.52 Å². The van der Waals surface area contributed by atoms with Crippen LogP contribution in [0.25, 0.3) is 11.4 Å². The van der Waals surface area contributed by atoms with E-state index in [-0.39, 0.29) is 17.6 Å². The molecule has 2 aliphatic heterocycles. The molecule has 4 rings (SSSR count). The predicted octanol–water partition coefficient (Wildman–Crippen LogP) is 3.33.